The van der Waals surface area contributed by atoms with E-state index in [0.717, 1.165) is 0 Å². The topological polar surface area (TPSA) is 181 Å². The van der Waals surface area contributed by atoms with Crippen LogP contribution in [-0.4, -0.2) is 63.7 Å². The van der Waals surface area contributed by atoms with Crippen molar-refractivity contribution in [2.24, 2.45) is 0 Å². The smallest absolute Gasteiger partial charge is 0.545 e. The first kappa shape index (κ1) is 22.0. The molecule has 0 saturated carbocycles. The molecule has 0 unspecified atom stereocenters. The van der Waals surface area contributed by atoms with Crippen molar-refractivity contribution in [2.75, 3.05) is 0 Å². The molecule has 0 atom stereocenters. The van der Waals surface area contributed by atoms with Gasteiger partial charge in [-0.25, -0.2) is 0 Å². The van der Waals surface area contributed by atoms with Crippen molar-refractivity contribution in [2.45, 2.75) is 0 Å². The molecule has 0 spiro atoms. The standard InChI is InChI=1S/3C7H6O3.Bi/c3*8-6-4-2-1-3-5(6)7(9)10;/h3*1-4,8H,(H,9,10);/q;;;+3/p-3/i/hD3. The summed E-state index contributed by atoms with van der Waals surface area (Å²) >= 11 is 0. The van der Waals surface area contributed by atoms with E-state index >= 15 is 0 Å². The van der Waals surface area contributed by atoms with E-state index in [2.05, 4.69) is 15.3 Å². The van der Waals surface area contributed by atoms with Gasteiger partial charge in [0.15, 0.2) is 0 Å². The van der Waals surface area contributed by atoms with Crippen LogP contribution in [0.3, 0.4) is 0 Å². The summed E-state index contributed by atoms with van der Waals surface area (Å²) in [5.74, 6) is -4.04. The molecule has 0 aliphatic carbocycles. The molecule has 0 fully saturated rings. The third-order valence-electron chi connectivity index (χ3n) is 3.32. The molecule has 3 aromatic carbocycles. The zero-order chi connectivity index (χ0) is 24.8. The molecular formula is C21H15BiO9. The largest absolute Gasteiger partial charge is 3.00 e. The van der Waals surface area contributed by atoms with Crippen LogP contribution in [0.5, 0.6) is 17.2 Å². The van der Waals surface area contributed by atoms with E-state index in [1.807, 2.05) is 0 Å². The molecular weight excluding hydrogens is 605 g/mol. The number of carbonyl (C=O) groups is 3. The molecule has 3 rings (SSSR count). The van der Waals surface area contributed by atoms with Crippen molar-refractivity contribution in [3.05, 3.63) is 89.5 Å². The van der Waals surface area contributed by atoms with Gasteiger partial charge in [-0.2, -0.15) is 0 Å². The zero-order valence-electron chi connectivity index (χ0n) is 18.5. The van der Waals surface area contributed by atoms with Gasteiger partial charge in [-0.1, -0.05) is 36.4 Å². The van der Waals surface area contributed by atoms with Crippen LogP contribution in [0.25, 0.3) is 0 Å². The van der Waals surface area contributed by atoms with Gasteiger partial charge in [0.25, 0.3) is 4.29 Å². The summed E-state index contributed by atoms with van der Waals surface area (Å²) in [7, 11) is 0. The number of carboxylic acids is 3. The van der Waals surface area contributed by atoms with E-state index in [-0.39, 0.29) is 60.1 Å². The summed E-state index contributed by atoms with van der Waals surface area (Å²) in [6, 6.07) is 17.5. The molecule has 2 radical (unpaired) electrons. The fourth-order valence-corrected chi connectivity index (χ4v) is 1.91. The molecule has 3 aromatic rings. The second-order valence-electron chi connectivity index (χ2n) is 5.35. The van der Waals surface area contributed by atoms with Crippen LogP contribution in [0.15, 0.2) is 72.8 Å². The number of aromatic hydroxyl groups is 3. The van der Waals surface area contributed by atoms with Crippen molar-refractivity contribution in [3.63, 3.8) is 0 Å². The van der Waals surface area contributed by atoms with Crippen LogP contribution >= 0.6 is 0 Å². The Morgan fingerprint density at radius 1 is 0.548 bits per heavy atom. The number of para-hydroxylation sites is 3. The molecule has 0 heterocycles. The fourth-order valence-electron chi connectivity index (χ4n) is 1.91. The van der Waals surface area contributed by atoms with E-state index < -0.39 is 17.9 Å². The molecule has 0 aromatic heterocycles. The van der Waals surface area contributed by atoms with E-state index in [4.69, 9.17) is 4.29 Å². The van der Waals surface area contributed by atoms with Crippen molar-refractivity contribution < 1.29 is 45.0 Å². The van der Waals surface area contributed by atoms with Gasteiger partial charge < -0.3 is 45.0 Å². The normalized spacial score (nSPS) is 9.87. The van der Waals surface area contributed by atoms with Crippen LogP contribution in [0, 0.1) is 0 Å². The van der Waals surface area contributed by atoms with Crippen molar-refractivity contribution in [1.29, 1.82) is 4.29 Å². The van der Waals surface area contributed by atoms with Crippen LogP contribution in [0.1, 0.15) is 31.1 Å². The SMILES string of the molecule is [2H]Oc1ccccc1C(=O)[O-].[2H]Oc1ccccc1C(=O)[O-].[2H]Oc1ccccc1C(=O)[O-].[Bi+3]. The molecule has 9 nitrogen and oxygen atoms in total. The average molecular weight is 623 g/mol. The molecule has 31 heavy (non-hydrogen) atoms. The Balaban J connectivity index is 0.000000473. The molecule has 0 saturated heterocycles. The summed E-state index contributed by atoms with van der Waals surface area (Å²) in [6.07, 6.45) is 0. The summed E-state index contributed by atoms with van der Waals surface area (Å²) in [4.78, 5) is 30.9. The first-order chi connectivity index (χ1) is 15.8. The van der Waals surface area contributed by atoms with Gasteiger partial charge in [-0.3, -0.25) is 0 Å². The minimum atomic E-state index is -1.34. The molecule has 0 amide bonds. The van der Waals surface area contributed by atoms with Crippen LogP contribution in [0.2, 0.25) is 0 Å². The summed E-state index contributed by atoms with van der Waals surface area (Å²) in [5.41, 5.74) is -0.326. The van der Waals surface area contributed by atoms with Crippen LogP contribution in [-0.2, 0) is 0 Å². The molecule has 158 valence electrons. The number of benzene rings is 3. The second kappa shape index (κ2) is 13.6. The third-order valence-corrected chi connectivity index (χ3v) is 3.32. The predicted molar refractivity (Wildman–Crippen MR) is 103 cm³/mol. The van der Waals surface area contributed by atoms with E-state index in [0.29, 0.717) is 0 Å². The molecule has 0 bridgehead atoms. The summed E-state index contributed by atoms with van der Waals surface area (Å²) in [6.45, 7) is 0. The van der Waals surface area contributed by atoms with Gasteiger partial charge in [0.1, 0.15) is 17.2 Å². The maximum absolute atomic E-state index is 10.3. The minimum Gasteiger partial charge on any atom is -0.545 e. The zero-order valence-corrected chi connectivity index (χ0v) is 19.0. The van der Waals surface area contributed by atoms with Gasteiger partial charge >= 0.3 is 26.2 Å². The second-order valence-corrected chi connectivity index (χ2v) is 5.35. The van der Waals surface area contributed by atoms with Gasteiger partial charge in [0.2, 0.25) is 0 Å². The molecule has 0 aliphatic rings. The predicted octanol–water partition coefficient (Wildman–Crippen LogP) is -1.11. The fraction of sp³-hybridized carbons (Fsp3) is 0. The monoisotopic (exact) mass is 623 g/mol. The van der Waals surface area contributed by atoms with Crippen LogP contribution < -0.4 is 15.3 Å². The van der Waals surface area contributed by atoms with Gasteiger partial charge in [-0.05, 0) is 36.4 Å². The Labute approximate surface area is 200 Å². The number of rotatable bonds is 6. The Kier molecular flexibility index (Phi) is 9.64. The van der Waals surface area contributed by atoms with E-state index in [1.165, 1.54) is 54.6 Å². The first-order valence-corrected chi connectivity index (χ1v) is 8.07. The maximum Gasteiger partial charge on any atom is 3.00 e. The number of hydrogen-bond acceptors (Lipinski definition) is 9. The quantitative estimate of drug-likeness (QED) is 0.287. The Morgan fingerprint density at radius 3 is 0.935 bits per heavy atom. The van der Waals surface area contributed by atoms with Crippen LogP contribution in [0.4, 0.5) is 0 Å². The summed E-state index contributed by atoms with van der Waals surface area (Å²) < 4.78 is 19.5. The summed E-state index contributed by atoms with van der Waals surface area (Å²) in [5, 5.41) is 43.0. The third kappa shape index (κ3) is 9.14. The van der Waals surface area contributed by atoms with Crippen molar-refractivity contribution in [3.8, 4) is 17.2 Å². The van der Waals surface area contributed by atoms with Gasteiger partial charge in [-0.15, -0.1) is 0 Å². The maximum atomic E-state index is 10.3. The average Bonchev–Trinajstić information content (AvgIpc) is 2.84. The number of carboxylic acid groups (broad SMARTS) is 3. The van der Waals surface area contributed by atoms with Gasteiger partial charge in [0.05, 0.1) is 17.9 Å². The van der Waals surface area contributed by atoms with E-state index in [9.17, 15) is 29.7 Å². The van der Waals surface area contributed by atoms with Crippen molar-refractivity contribution >= 4 is 44.1 Å². The molecule has 0 aliphatic heterocycles. The van der Waals surface area contributed by atoms with Gasteiger partial charge in [0, 0.05) is 16.7 Å². The number of carbonyl (C=O) groups excluding carboxylic acids is 3. The Bertz CT molecular complexity index is 960. The number of phenols is 3. The van der Waals surface area contributed by atoms with Crippen molar-refractivity contribution in [1.82, 2.24) is 0 Å². The molecule has 10 heteroatoms. The molecule has 3 N–H and O–H groups in total. The Hall–Kier alpha value is -3.65. The Morgan fingerprint density at radius 2 is 0.774 bits per heavy atom. The number of hydrogen-bond donors (Lipinski definition) is 3. The van der Waals surface area contributed by atoms with E-state index in [1.54, 1.807) is 18.2 Å². The number of aromatic carboxylic acids is 3. The minimum absolute atomic E-state index is 0. The first-order valence-electron chi connectivity index (χ1n) is 9.29.